The van der Waals surface area contributed by atoms with E-state index in [9.17, 15) is 9.59 Å². The lowest BCUT2D eigenvalue weighted by atomic mass is 9.72. The first-order chi connectivity index (χ1) is 13.6. The third-order valence-corrected chi connectivity index (χ3v) is 6.50. The lowest BCUT2D eigenvalue weighted by Gasteiger charge is -2.40. The van der Waals surface area contributed by atoms with E-state index in [1.54, 1.807) is 25.5 Å². The van der Waals surface area contributed by atoms with Crippen molar-refractivity contribution in [3.63, 3.8) is 0 Å². The zero-order valence-electron chi connectivity index (χ0n) is 16.6. The molecule has 0 aliphatic carbocycles. The molecule has 150 valence electrons. The highest BCUT2D eigenvalue weighted by Crippen LogP contribution is 2.37. The van der Waals surface area contributed by atoms with Crippen LogP contribution in [0.25, 0.3) is 10.4 Å². The van der Waals surface area contributed by atoms with Crippen molar-refractivity contribution >= 4 is 23.2 Å². The molecule has 1 fully saturated rings. The molecular formula is C22H28N2O3S. The van der Waals surface area contributed by atoms with Crippen LogP contribution in [0.2, 0.25) is 0 Å². The van der Waals surface area contributed by atoms with Crippen molar-refractivity contribution in [1.29, 1.82) is 0 Å². The van der Waals surface area contributed by atoms with Gasteiger partial charge < -0.3 is 15.0 Å². The van der Waals surface area contributed by atoms with E-state index in [-0.39, 0.29) is 11.8 Å². The molecule has 1 aliphatic rings. The van der Waals surface area contributed by atoms with Crippen LogP contribution >= 0.6 is 11.3 Å². The van der Waals surface area contributed by atoms with E-state index in [0.717, 1.165) is 5.56 Å². The number of methoxy groups -OCH3 is 1. The zero-order chi connectivity index (χ0) is 20.0. The Morgan fingerprint density at radius 1 is 1.21 bits per heavy atom. The predicted molar refractivity (Wildman–Crippen MR) is 112 cm³/mol. The number of thiophene rings is 1. The van der Waals surface area contributed by atoms with E-state index in [2.05, 4.69) is 47.1 Å². The summed E-state index contributed by atoms with van der Waals surface area (Å²) < 4.78 is 5.01. The van der Waals surface area contributed by atoms with E-state index >= 15 is 0 Å². The molecule has 0 bridgehead atoms. The van der Waals surface area contributed by atoms with Crippen LogP contribution in [-0.2, 0) is 20.7 Å². The Hall–Kier alpha value is -2.18. The monoisotopic (exact) mass is 400 g/mol. The Balaban J connectivity index is 1.74. The first-order valence-electron chi connectivity index (χ1n) is 9.70. The minimum absolute atomic E-state index is 0.0676. The molecule has 3 rings (SSSR count). The van der Waals surface area contributed by atoms with Crippen molar-refractivity contribution in [2.24, 2.45) is 5.41 Å². The molecule has 1 aliphatic heterocycles. The minimum Gasteiger partial charge on any atom is -0.384 e. The Morgan fingerprint density at radius 3 is 2.64 bits per heavy atom. The zero-order valence-corrected chi connectivity index (χ0v) is 17.4. The molecular weight excluding hydrogens is 372 g/mol. The molecule has 1 saturated heterocycles. The summed E-state index contributed by atoms with van der Waals surface area (Å²) in [4.78, 5) is 28.2. The smallest absolute Gasteiger partial charge is 0.226 e. The number of amides is 2. The van der Waals surface area contributed by atoms with Crippen LogP contribution in [0.1, 0.15) is 24.8 Å². The molecule has 0 spiro atoms. The second-order valence-corrected chi connectivity index (χ2v) is 8.29. The molecule has 2 amide bonds. The maximum Gasteiger partial charge on any atom is 0.226 e. The Morgan fingerprint density at radius 2 is 2.00 bits per heavy atom. The fourth-order valence-corrected chi connectivity index (χ4v) is 4.67. The summed E-state index contributed by atoms with van der Waals surface area (Å²) in [6.45, 7) is 1.66. The van der Waals surface area contributed by atoms with Gasteiger partial charge in [0.1, 0.15) is 0 Å². The molecule has 0 radical (unpaired) electrons. The van der Waals surface area contributed by atoms with Gasteiger partial charge in [-0.15, -0.1) is 11.3 Å². The molecule has 2 aromatic rings. The largest absolute Gasteiger partial charge is 0.384 e. The van der Waals surface area contributed by atoms with E-state index < -0.39 is 5.41 Å². The molecule has 5 nitrogen and oxygen atoms in total. The van der Waals surface area contributed by atoms with E-state index in [1.165, 1.54) is 10.4 Å². The molecule has 0 atom stereocenters. The number of hydrogen-bond acceptors (Lipinski definition) is 4. The summed E-state index contributed by atoms with van der Waals surface area (Å²) in [6.07, 6.45) is 2.43. The fraction of sp³-hybridized carbons (Fsp3) is 0.455. The average molecular weight is 401 g/mol. The number of likely N-dealkylation sites (tertiary alicyclic amines) is 1. The lowest BCUT2D eigenvalue weighted by Crippen LogP contribution is -2.50. The highest BCUT2D eigenvalue weighted by molar-refractivity contribution is 7.13. The number of nitrogens with zero attached hydrogens (tertiary/aromatic N) is 1. The number of benzene rings is 1. The molecule has 0 unspecified atom stereocenters. The van der Waals surface area contributed by atoms with Gasteiger partial charge >= 0.3 is 0 Å². The normalized spacial score (nSPS) is 16.0. The molecule has 6 heteroatoms. The van der Waals surface area contributed by atoms with Crippen LogP contribution in [0.5, 0.6) is 0 Å². The topological polar surface area (TPSA) is 58.6 Å². The Kier molecular flexibility index (Phi) is 6.86. The number of rotatable bonds is 7. The van der Waals surface area contributed by atoms with Gasteiger partial charge in [-0.05, 0) is 41.8 Å². The van der Waals surface area contributed by atoms with Crippen LogP contribution in [-0.4, -0.2) is 50.6 Å². The number of carbonyl (C=O) groups is 2. The molecule has 1 aromatic carbocycles. The van der Waals surface area contributed by atoms with Crippen molar-refractivity contribution < 1.29 is 14.3 Å². The highest BCUT2D eigenvalue weighted by atomic mass is 32.1. The Labute approximate surface area is 170 Å². The number of ether oxygens (including phenoxy) is 1. The van der Waals surface area contributed by atoms with Crippen LogP contribution < -0.4 is 5.32 Å². The third-order valence-electron chi connectivity index (χ3n) is 5.58. The van der Waals surface area contributed by atoms with Crippen LogP contribution in [0.3, 0.4) is 0 Å². The van der Waals surface area contributed by atoms with Gasteiger partial charge in [-0.2, -0.15) is 0 Å². The molecule has 28 heavy (non-hydrogen) atoms. The summed E-state index contributed by atoms with van der Waals surface area (Å²) in [5, 5.41) is 4.93. The fourth-order valence-electron chi connectivity index (χ4n) is 3.95. The number of piperidine rings is 1. The van der Waals surface area contributed by atoms with Gasteiger partial charge in [0.2, 0.25) is 11.8 Å². The summed E-state index contributed by atoms with van der Waals surface area (Å²) in [7, 11) is 3.30. The SMILES string of the molecule is CNC(=O)C1(Cc2cccc(-c3cccs3)c2)CCN(C(=O)CCOC)CC1. The van der Waals surface area contributed by atoms with Gasteiger partial charge in [-0.3, -0.25) is 9.59 Å². The van der Waals surface area contributed by atoms with Gasteiger partial charge in [-0.1, -0.05) is 30.3 Å². The third kappa shape index (κ3) is 4.62. The summed E-state index contributed by atoms with van der Waals surface area (Å²) >= 11 is 1.72. The van der Waals surface area contributed by atoms with Crippen LogP contribution in [0.4, 0.5) is 0 Å². The second-order valence-electron chi connectivity index (χ2n) is 7.34. The van der Waals surface area contributed by atoms with E-state index in [1.807, 2.05) is 4.90 Å². The summed E-state index contributed by atoms with van der Waals surface area (Å²) in [5.74, 6) is 0.171. The first-order valence-corrected chi connectivity index (χ1v) is 10.6. The highest BCUT2D eigenvalue weighted by Gasteiger charge is 2.41. The maximum atomic E-state index is 12.8. The number of carbonyl (C=O) groups excluding carboxylic acids is 2. The van der Waals surface area contributed by atoms with Crippen LogP contribution in [0.15, 0.2) is 41.8 Å². The van der Waals surface area contributed by atoms with Gasteiger partial charge in [0.15, 0.2) is 0 Å². The van der Waals surface area contributed by atoms with Crippen molar-refractivity contribution in [3.05, 3.63) is 47.3 Å². The van der Waals surface area contributed by atoms with Gasteiger partial charge in [-0.25, -0.2) is 0 Å². The molecule has 0 saturated carbocycles. The standard InChI is InChI=1S/C22H28N2O3S/c1-23-21(26)22(9-11-24(12-10-22)20(25)8-13-27-2)16-17-5-3-6-18(15-17)19-7-4-14-28-19/h3-7,14-15H,8-13,16H2,1-2H3,(H,23,26). The number of nitrogens with one attached hydrogen (secondary N) is 1. The molecule has 1 aromatic heterocycles. The average Bonchev–Trinajstić information content (AvgIpc) is 3.27. The minimum atomic E-state index is -0.471. The summed E-state index contributed by atoms with van der Waals surface area (Å²) in [5.41, 5.74) is 1.88. The summed E-state index contributed by atoms with van der Waals surface area (Å²) in [6, 6.07) is 12.6. The lowest BCUT2D eigenvalue weighted by molar-refractivity contribution is -0.140. The van der Waals surface area contributed by atoms with Gasteiger partial charge in [0.25, 0.3) is 0 Å². The van der Waals surface area contributed by atoms with E-state index in [0.29, 0.717) is 45.4 Å². The van der Waals surface area contributed by atoms with Crippen molar-refractivity contribution in [3.8, 4) is 10.4 Å². The molecule has 1 N–H and O–H groups in total. The maximum absolute atomic E-state index is 12.8. The van der Waals surface area contributed by atoms with Crippen molar-refractivity contribution in [2.75, 3.05) is 33.9 Å². The Bertz CT molecular complexity index is 796. The predicted octanol–water partition coefficient (Wildman–Crippen LogP) is 3.35. The second kappa shape index (κ2) is 9.34. The quantitative estimate of drug-likeness (QED) is 0.775. The van der Waals surface area contributed by atoms with Gasteiger partial charge in [0, 0.05) is 32.1 Å². The van der Waals surface area contributed by atoms with Crippen molar-refractivity contribution in [1.82, 2.24) is 10.2 Å². The first kappa shape index (κ1) is 20.6. The van der Waals surface area contributed by atoms with Crippen molar-refractivity contribution in [2.45, 2.75) is 25.7 Å². The van der Waals surface area contributed by atoms with E-state index in [4.69, 9.17) is 4.74 Å². The number of hydrogen-bond donors (Lipinski definition) is 1. The van der Waals surface area contributed by atoms with Crippen LogP contribution in [0, 0.1) is 5.41 Å². The molecule has 2 heterocycles. The van der Waals surface area contributed by atoms with Gasteiger partial charge in [0.05, 0.1) is 18.4 Å².